The minimum Gasteiger partial charge on any atom is -0.465 e. The molecule has 0 N–H and O–H groups in total. The number of allylic oxidation sites excluding steroid dienone is 2. The average molecular weight is 304 g/mol. The molecule has 2 aliphatic carbocycles. The number of ketones is 1. The Morgan fingerprint density at radius 1 is 1.45 bits per heavy atom. The molecule has 0 bridgehead atoms. The summed E-state index contributed by atoms with van der Waals surface area (Å²) in [5, 5.41) is 0. The van der Waals surface area contributed by atoms with Gasteiger partial charge in [-0.05, 0) is 30.8 Å². The lowest BCUT2D eigenvalue weighted by Crippen LogP contribution is -2.51. The third-order valence-electron chi connectivity index (χ3n) is 5.39. The number of esters is 2. The van der Waals surface area contributed by atoms with E-state index in [1.165, 1.54) is 6.92 Å². The summed E-state index contributed by atoms with van der Waals surface area (Å²) in [6, 6.07) is 0. The summed E-state index contributed by atoms with van der Waals surface area (Å²) < 4.78 is 10.8. The van der Waals surface area contributed by atoms with Crippen molar-refractivity contribution in [3.8, 4) is 0 Å². The van der Waals surface area contributed by atoms with Gasteiger partial charge in [0.25, 0.3) is 0 Å². The maximum Gasteiger partial charge on any atom is 0.334 e. The van der Waals surface area contributed by atoms with Crippen LogP contribution in [0.5, 0.6) is 0 Å². The Morgan fingerprint density at radius 3 is 2.86 bits per heavy atom. The van der Waals surface area contributed by atoms with Crippen molar-refractivity contribution in [2.75, 3.05) is 6.61 Å². The minimum absolute atomic E-state index is 0.0507. The molecule has 3 aliphatic rings. The molecule has 0 aromatic rings. The van der Waals surface area contributed by atoms with Crippen molar-refractivity contribution >= 4 is 17.7 Å². The topological polar surface area (TPSA) is 69.7 Å². The van der Waals surface area contributed by atoms with E-state index in [0.29, 0.717) is 5.57 Å². The molecule has 5 atom stereocenters. The highest BCUT2D eigenvalue weighted by Crippen LogP contribution is 2.54. The molecule has 1 heterocycles. The second-order valence-electron chi connectivity index (χ2n) is 6.58. The lowest BCUT2D eigenvalue weighted by Gasteiger charge is -2.39. The lowest BCUT2D eigenvalue weighted by atomic mass is 9.67. The Morgan fingerprint density at radius 2 is 2.18 bits per heavy atom. The number of fused-ring (bicyclic) bond motifs is 3. The highest BCUT2D eigenvalue weighted by atomic mass is 16.6. The van der Waals surface area contributed by atoms with Crippen LogP contribution in [0.15, 0.2) is 24.3 Å². The van der Waals surface area contributed by atoms with E-state index in [1.807, 2.05) is 6.08 Å². The standard InChI is InChI=1S/C17H20O5/c1-9-4-5-12-10(2)16(20)22-15(12)17(8-21-11(3)18)13(9)6-7-14(17)19/h6-7,9,12-13,15H,2,4-5,8H2,1,3H3/t9-,12-,13-,15-,17+/m1/s1. The first-order valence-electron chi connectivity index (χ1n) is 7.63. The Bertz CT molecular complexity index is 590. The van der Waals surface area contributed by atoms with Gasteiger partial charge in [0.1, 0.15) is 18.1 Å². The predicted octanol–water partition coefficient (Wildman–Crippen LogP) is 1.82. The van der Waals surface area contributed by atoms with Crippen molar-refractivity contribution in [2.24, 2.45) is 23.2 Å². The predicted molar refractivity (Wildman–Crippen MR) is 77.6 cm³/mol. The molecule has 2 fully saturated rings. The SMILES string of the molecule is C=C1C(=O)O[C@@H]2[C@@H]1CC[C@@H](C)[C@H]1C=CC(=O)[C@]12COC(C)=O. The van der Waals surface area contributed by atoms with E-state index in [2.05, 4.69) is 13.5 Å². The minimum atomic E-state index is -0.999. The number of hydrogen-bond acceptors (Lipinski definition) is 5. The average Bonchev–Trinajstić information content (AvgIpc) is 2.90. The highest BCUT2D eigenvalue weighted by Gasteiger charge is 2.63. The van der Waals surface area contributed by atoms with Gasteiger partial charge in [-0.2, -0.15) is 0 Å². The summed E-state index contributed by atoms with van der Waals surface area (Å²) in [4.78, 5) is 35.9. The fourth-order valence-electron chi connectivity index (χ4n) is 4.20. The van der Waals surface area contributed by atoms with E-state index >= 15 is 0 Å². The van der Waals surface area contributed by atoms with Gasteiger partial charge in [-0.1, -0.05) is 19.6 Å². The molecule has 3 rings (SSSR count). The maximum absolute atomic E-state index is 12.7. The Kier molecular flexibility index (Phi) is 3.46. The van der Waals surface area contributed by atoms with Gasteiger partial charge in [-0.15, -0.1) is 0 Å². The molecule has 0 amide bonds. The molecule has 5 heteroatoms. The van der Waals surface area contributed by atoms with E-state index in [0.717, 1.165) is 12.8 Å². The fourth-order valence-corrected chi connectivity index (χ4v) is 4.20. The van der Waals surface area contributed by atoms with Crippen molar-refractivity contribution in [3.63, 3.8) is 0 Å². The summed E-state index contributed by atoms with van der Waals surface area (Å²) >= 11 is 0. The third kappa shape index (κ3) is 1.95. The largest absolute Gasteiger partial charge is 0.465 e. The van der Waals surface area contributed by atoms with Gasteiger partial charge in [0, 0.05) is 18.4 Å². The van der Waals surface area contributed by atoms with Crippen LogP contribution in [0.1, 0.15) is 26.7 Å². The summed E-state index contributed by atoms with van der Waals surface area (Å²) in [5.74, 6) is -1.03. The van der Waals surface area contributed by atoms with Crippen LogP contribution in [0.25, 0.3) is 0 Å². The number of rotatable bonds is 2. The van der Waals surface area contributed by atoms with Gasteiger partial charge in [0.05, 0.1) is 0 Å². The van der Waals surface area contributed by atoms with Crippen LogP contribution in [-0.4, -0.2) is 30.4 Å². The van der Waals surface area contributed by atoms with E-state index in [4.69, 9.17) is 9.47 Å². The summed E-state index contributed by atoms with van der Waals surface area (Å²) in [5.41, 5.74) is -0.568. The smallest absolute Gasteiger partial charge is 0.334 e. The van der Waals surface area contributed by atoms with Crippen LogP contribution in [0.2, 0.25) is 0 Å². The van der Waals surface area contributed by atoms with Gasteiger partial charge in [-0.3, -0.25) is 9.59 Å². The van der Waals surface area contributed by atoms with Crippen LogP contribution < -0.4 is 0 Å². The zero-order valence-corrected chi connectivity index (χ0v) is 12.8. The first-order chi connectivity index (χ1) is 10.4. The first-order valence-corrected chi connectivity index (χ1v) is 7.63. The molecule has 5 nitrogen and oxygen atoms in total. The molecule has 0 aromatic heterocycles. The second-order valence-corrected chi connectivity index (χ2v) is 6.58. The number of carbonyl (C=O) groups is 3. The number of ether oxygens (including phenoxy) is 2. The van der Waals surface area contributed by atoms with Crippen molar-refractivity contribution in [3.05, 3.63) is 24.3 Å². The van der Waals surface area contributed by atoms with E-state index in [9.17, 15) is 14.4 Å². The molecule has 0 unspecified atom stereocenters. The van der Waals surface area contributed by atoms with Crippen molar-refractivity contribution in [1.29, 1.82) is 0 Å². The number of hydrogen-bond donors (Lipinski definition) is 0. The van der Waals surface area contributed by atoms with Crippen LogP contribution in [0, 0.1) is 23.2 Å². The van der Waals surface area contributed by atoms with Crippen molar-refractivity contribution in [1.82, 2.24) is 0 Å². The molecule has 0 radical (unpaired) electrons. The number of carbonyl (C=O) groups excluding carboxylic acids is 3. The summed E-state index contributed by atoms with van der Waals surface area (Å²) in [7, 11) is 0. The zero-order chi connectivity index (χ0) is 16.1. The van der Waals surface area contributed by atoms with Crippen LogP contribution in [-0.2, 0) is 23.9 Å². The lowest BCUT2D eigenvalue weighted by molar-refractivity contribution is -0.163. The zero-order valence-electron chi connectivity index (χ0n) is 12.8. The summed E-state index contributed by atoms with van der Waals surface area (Å²) in [6.07, 6.45) is 4.47. The van der Waals surface area contributed by atoms with Gasteiger partial charge < -0.3 is 9.47 Å². The van der Waals surface area contributed by atoms with E-state index in [-0.39, 0.29) is 30.1 Å². The molecule has 0 aromatic carbocycles. The third-order valence-corrected chi connectivity index (χ3v) is 5.39. The fraction of sp³-hybridized carbons (Fsp3) is 0.588. The maximum atomic E-state index is 12.7. The van der Waals surface area contributed by atoms with Gasteiger partial charge in [-0.25, -0.2) is 4.79 Å². The van der Waals surface area contributed by atoms with Crippen LogP contribution in [0.3, 0.4) is 0 Å². The van der Waals surface area contributed by atoms with E-state index in [1.54, 1.807) is 6.08 Å². The molecule has 1 aliphatic heterocycles. The normalized spacial score (nSPS) is 40.0. The van der Waals surface area contributed by atoms with Gasteiger partial charge >= 0.3 is 11.9 Å². The van der Waals surface area contributed by atoms with Crippen LogP contribution >= 0.6 is 0 Å². The molecule has 1 saturated heterocycles. The molecular weight excluding hydrogens is 284 g/mol. The van der Waals surface area contributed by atoms with Crippen molar-refractivity contribution in [2.45, 2.75) is 32.8 Å². The molecule has 118 valence electrons. The highest BCUT2D eigenvalue weighted by molar-refractivity contribution is 6.00. The first kappa shape index (κ1) is 15.0. The quantitative estimate of drug-likeness (QED) is 0.575. The van der Waals surface area contributed by atoms with Crippen molar-refractivity contribution < 1.29 is 23.9 Å². The monoisotopic (exact) mass is 304 g/mol. The molecular formula is C17H20O5. The Balaban J connectivity index is 2.07. The van der Waals surface area contributed by atoms with Gasteiger partial charge in [0.2, 0.25) is 0 Å². The van der Waals surface area contributed by atoms with Crippen LogP contribution in [0.4, 0.5) is 0 Å². The molecule has 22 heavy (non-hydrogen) atoms. The summed E-state index contributed by atoms with van der Waals surface area (Å²) in [6.45, 7) is 7.19. The van der Waals surface area contributed by atoms with Gasteiger partial charge in [0.15, 0.2) is 5.78 Å². The van der Waals surface area contributed by atoms with E-state index < -0.39 is 23.5 Å². The Labute approximate surface area is 129 Å². The molecule has 1 saturated carbocycles. The second kappa shape index (κ2) is 5.07. The Hall–Kier alpha value is -1.91. The molecule has 0 spiro atoms.